The van der Waals surface area contributed by atoms with Crippen molar-refractivity contribution in [2.45, 2.75) is 13.1 Å². The summed E-state index contributed by atoms with van der Waals surface area (Å²) in [7, 11) is 0. The largest absolute Gasteiger partial charge is 0.416 e. The lowest BCUT2D eigenvalue weighted by Gasteiger charge is -2.16. The number of alkyl halides is 3. The highest BCUT2D eigenvalue weighted by atomic mass is 19.4. The Labute approximate surface area is 125 Å². The third-order valence-electron chi connectivity index (χ3n) is 3.07. The van der Waals surface area contributed by atoms with Gasteiger partial charge in [-0.05, 0) is 25.1 Å². The van der Waals surface area contributed by atoms with Crippen LogP contribution in [0.2, 0.25) is 0 Å². The number of hydrogen-bond acceptors (Lipinski definition) is 1. The zero-order valence-electron chi connectivity index (χ0n) is 11.9. The van der Waals surface area contributed by atoms with Crippen molar-refractivity contribution >= 4 is 17.6 Å². The molecule has 0 saturated carbocycles. The normalized spacial score (nSPS) is 16.9. The van der Waals surface area contributed by atoms with E-state index in [4.69, 9.17) is 11.5 Å². The molecule has 0 fully saturated rings. The lowest BCUT2D eigenvalue weighted by Crippen LogP contribution is -2.37. The van der Waals surface area contributed by atoms with Gasteiger partial charge in [0.2, 0.25) is 5.96 Å². The van der Waals surface area contributed by atoms with E-state index >= 15 is 0 Å². The summed E-state index contributed by atoms with van der Waals surface area (Å²) in [6.07, 6.45) is -2.43. The predicted molar refractivity (Wildman–Crippen MR) is 79.7 cm³/mol. The van der Waals surface area contributed by atoms with Crippen LogP contribution in [0.4, 0.5) is 18.9 Å². The molecule has 0 aliphatic carbocycles. The van der Waals surface area contributed by atoms with Crippen LogP contribution in [0.15, 0.2) is 45.9 Å². The summed E-state index contributed by atoms with van der Waals surface area (Å²) in [4.78, 5) is 9.54. The molecule has 2 rings (SSSR count). The molecule has 0 bridgehead atoms. The third-order valence-corrected chi connectivity index (χ3v) is 3.07. The van der Waals surface area contributed by atoms with Crippen molar-refractivity contribution in [3.05, 3.63) is 41.5 Å². The third kappa shape index (κ3) is 4.00. The average molecular weight is 311 g/mol. The highest BCUT2D eigenvalue weighted by Crippen LogP contribution is 2.31. The molecule has 0 atom stereocenters. The fourth-order valence-electron chi connectivity index (χ4n) is 1.97. The van der Waals surface area contributed by atoms with Gasteiger partial charge in [0.1, 0.15) is 0 Å². The smallest absolute Gasteiger partial charge is 0.369 e. The Balaban J connectivity index is 2.15. The fraction of sp³-hybridized carbons (Fsp3) is 0.286. The van der Waals surface area contributed by atoms with E-state index in [1.165, 1.54) is 12.1 Å². The maximum absolute atomic E-state index is 12.6. The van der Waals surface area contributed by atoms with E-state index in [1.54, 1.807) is 4.90 Å². The maximum atomic E-state index is 12.6. The first kappa shape index (κ1) is 15.9. The van der Waals surface area contributed by atoms with Crippen molar-refractivity contribution in [1.82, 2.24) is 4.90 Å². The van der Waals surface area contributed by atoms with E-state index in [2.05, 4.69) is 9.98 Å². The van der Waals surface area contributed by atoms with E-state index < -0.39 is 11.7 Å². The quantitative estimate of drug-likeness (QED) is 0.474. The first-order valence-electron chi connectivity index (χ1n) is 6.52. The van der Waals surface area contributed by atoms with Gasteiger partial charge in [-0.1, -0.05) is 17.7 Å². The van der Waals surface area contributed by atoms with Gasteiger partial charge in [-0.3, -0.25) is 0 Å². The van der Waals surface area contributed by atoms with Crippen LogP contribution in [0.25, 0.3) is 0 Å². The summed E-state index contributed by atoms with van der Waals surface area (Å²) in [6, 6.07) is 4.54. The standard InChI is InChI=1S/C14H16F3N5/c1-9-5-6-22(8-9)13(19)21-12(18)20-11-4-2-3-10(7-11)14(15,16)17/h2-5,7H,6,8H2,1H3,(H4,18,19,20,21). The van der Waals surface area contributed by atoms with Gasteiger partial charge in [-0.2, -0.15) is 18.2 Å². The summed E-state index contributed by atoms with van der Waals surface area (Å²) in [6.45, 7) is 3.23. The molecule has 0 radical (unpaired) electrons. The first-order valence-corrected chi connectivity index (χ1v) is 6.52. The van der Waals surface area contributed by atoms with Crippen molar-refractivity contribution < 1.29 is 13.2 Å². The van der Waals surface area contributed by atoms with Gasteiger partial charge >= 0.3 is 6.18 Å². The number of nitrogens with two attached hydrogens (primary N) is 2. The van der Waals surface area contributed by atoms with Gasteiger partial charge in [0.15, 0.2) is 5.96 Å². The molecule has 0 spiro atoms. The van der Waals surface area contributed by atoms with Gasteiger partial charge < -0.3 is 16.4 Å². The molecule has 0 aromatic heterocycles. The van der Waals surface area contributed by atoms with Crippen LogP contribution in [0.5, 0.6) is 0 Å². The number of hydrogen-bond donors (Lipinski definition) is 2. The summed E-state index contributed by atoms with van der Waals surface area (Å²) in [5.41, 5.74) is 11.9. The minimum atomic E-state index is -4.43. The molecule has 8 heteroatoms. The molecule has 22 heavy (non-hydrogen) atoms. The first-order chi connectivity index (χ1) is 10.3. The minimum Gasteiger partial charge on any atom is -0.369 e. The summed E-state index contributed by atoms with van der Waals surface area (Å²) in [5, 5.41) is 0. The van der Waals surface area contributed by atoms with Crippen LogP contribution >= 0.6 is 0 Å². The molecule has 0 amide bonds. The zero-order valence-corrected chi connectivity index (χ0v) is 11.9. The lowest BCUT2D eigenvalue weighted by atomic mass is 10.2. The Bertz CT molecular complexity index is 646. The predicted octanol–water partition coefficient (Wildman–Crippen LogP) is 2.23. The molecule has 1 aliphatic heterocycles. The average Bonchev–Trinajstić information content (AvgIpc) is 2.84. The second-order valence-electron chi connectivity index (χ2n) is 4.92. The zero-order chi connectivity index (χ0) is 16.3. The fourth-order valence-corrected chi connectivity index (χ4v) is 1.97. The van der Waals surface area contributed by atoms with Gasteiger partial charge in [0.05, 0.1) is 11.3 Å². The van der Waals surface area contributed by atoms with E-state index in [0.29, 0.717) is 13.1 Å². The van der Waals surface area contributed by atoms with E-state index in [-0.39, 0.29) is 17.6 Å². The molecule has 4 N–H and O–H groups in total. The van der Waals surface area contributed by atoms with Gasteiger partial charge in [-0.15, -0.1) is 0 Å². The van der Waals surface area contributed by atoms with Crippen LogP contribution in [-0.2, 0) is 6.18 Å². The molecule has 5 nitrogen and oxygen atoms in total. The number of aliphatic imine (C=N–C) groups is 2. The Morgan fingerprint density at radius 1 is 1.27 bits per heavy atom. The number of benzene rings is 1. The monoisotopic (exact) mass is 311 g/mol. The molecule has 1 heterocycles. The van der Waals surface area contributed by atoms with Crippen LogP contribution in [-0.4, -0.2) is 29.9 Å². The molecule has 0 unspecified atom stereocenters. The van der Waals surface area contributed by atoms with Crippen molar-refractivity contribution in [3.63, 3.8) is 0 Å². The highest BCUT2D eigenvalue weighted by molar-refractivity contribution is 5.94. The number of guanidine groups is 2. The maximum Gasteiger partial charge on any atom is 0.416 e. The van der Waals surface area contributed by atoms with Crippen LogP contribution in [0, 0.1) is 0 Å². The second-order valence-corrected chi connectivity index (χ2v) is 4.92. The topological polar surface area (TPSA) is 80.0 Å². The van der Waals surface area contributed by atoms with Crippen molar-refractivity contribution in [2.24, 2.45) is 21.5 Å². The Morgan fingerprint density at radius 3 is 2.59 bits per heavy atom. The number of nitrogens with zero attached hydrogens (tertiary/aromatic N) is 3. The van der Waals surface area contributed by atoms with E-state index in [9.17, 15) is 13.2 Å². The Hall–Kier alpha value is -2.51. The van der Waals surface area contributed by atoms with Gasteiger partial charge in [-0.25, -0.2) is 4.99 Å². The number of rotatable bonds is 1. The molecule has 1 aliphatic rings. The molecular weight excluding hydrogens is 295 g/mol. The highest BCUT2D eigenvalue weighted by Gasteiger charge is 2.30. The second kappa shape index (κ2) is 6.08. The number of halogens is 3. The van der Waals surface area contributed by atoms with E-state index in [0.717, 1.165) is 17.7 Å². The van der Waals surface area contributed by atoms with Crippen LogP contribution in [0.3, 0.4) is 0 Å². The van der Waals surface area contributed by atoms with Gasteiger partial charge in [0, 0.05) is 13.1 Å². The molecular formula is C14H16F3N5. The van der Waals surface area contributed by atoms with E-state index in [1.807, 2.05) is 13.0 Å². The SMILES string of the molecule is CC1=CCN(C(N)=NC(N)=Nc2cccc(C(F)(F)F)c2)C1. The molecule has 118 valence electrons. The molecule has 0 saturated heterocycles. The molecule has 1 aromatic carbocycles. The van der Waals surface area contributed by atoms with Gasteiger partial charge in [0.25, 0.3) is 0 Å². The van der Waals surface area contributed by atoms with Crippen molar-refractivity contribution in [3.8, 4) is 0 Å². The minimum absolute atomic E-state index is 0.0691. The summed E-state index contributed by atoms with van der Waals surface area (Å²) in [5.74, 6) is -0.0114. The van der Waals surface area contributed by atoms with Crippen LogP contribution in [0.1, 0.15) is 12.5 Å². The summed E-state index contributed by atoms with van der Waals surface area (Å²) < 4.78 is 37.9. The Kier molecular flexibility index (Phi) is 4.39. The summed E-state index contributed by atoms with van der Waals surface area (Å²) >= 11 is 0. The molecule has 1 aromatic rings. The van der Waals surface area contributed by atoms with Crippen molar-refractivity contribution in [2.75, 3.05) is 13.1 Å². The van der Waals surface area contributed by atoms with Crippen molar-refractivity contribution in [1.29, 1.82) is 0 Å². The van der Waals surface area contributed by atoms with Crippen LogP contribution < -0.4 is 11.5 Å². The lowest BCUT2D eigenvalue weighted by molar-refractivity contribution is -0.137. The Morgan fingerprint density at radius 2 is 2.00 bits per heavy atom.